The lowest BCUT2D eigenvalue weighted by Crippen LogP contribution is -2.37. The molecule has 0 radical (unpaired) electrons. The molecular formula is C17H19BrN4O3. The number of benzene rings is 1. The lowest BCUT2D eigenvalue weighted by molar-refractivity contribution is 0.0949. The molecule has 3 rings (SSSR count). The number of aromatic nitrogens is 2. The summed E-state index contributed by atoms with van der Waals surface area (Å²) in [6, 6.07) is 7.07. The molecule has 132 valence electrons. The minimum Gasteiger partial charge on any atom is -0.497 e. The van der Waals surface area contributed by atoms with Crippen molar-refractivity contribution in [1.82, 2.24) is 15.3 Å². The highest BCUT2D eigenvalue weighted by molar-refractivity contribution is 9.10. The van der Waals surface area contributed by atoms with Crippen LogP contribution in [0.4, 0.5) is 5.95 Å². The van der Waals surface area contributed by atoms with Crippen LogP contribution in [0.2, 0.25) is 0 Å². The normalized spacial score (nSPS) is 14.2. The highest BCUT2D eigenvalue weighted by Gasteiger charge is 2.15. The van der Waals surface area contributed by atoms with Crippen LogP contribution in [-0.4, -0.2) is 49.3 Å². The summed E-state index contributed by atoms with van der Waals surface area (Å²) in [6.07, 6.45) is 1.71. The number of amides is 1. The Morgan fingerprint density at radius 1 is 1.36 bits per heavy atom. The first-order valence-electron chi connectivity index (χ1n) is 7.94. The van der Waals surface area contributed by atoms with Crippen LogP contribution in [0.3, 0.4) is 0 Å². The molecule has 1 aliphatic heterocycles. The van der Waals surface area contributed by atoms with Crippen molar-refractivity contribution in [3.8, 4) is 5.75 Å². The van der Waals surface area contributed by atoms with Gasteiger partial charge in [0.05, 0.1) is 38.1 Å². The van der Waals surface area contributed by atoms with Gasteiger partial charge in [-0.15, -0.1) is 0 Å². The number of methoxy groups -OCH3 is 1. The molecule has 25 heavy (non-hydrogen) atoms. The fraction of sp³-hybridized carbons (Fsp3) is 0.353. The molecule has 1 amide bonds. The standard InChI is InChI=1S/C17H19BrN4O3/c1-24-13-2-3-15(18)14(10-13)16(23)20-11-12-4-5-19-17(21-12)22-6-8-25-9-7-22/h2-5,10H,6-9,11H2,1H3,(H,20,23). The van der Waals surface area contributed by atoms with Gasteiger partial charge in [-0.2, -0.15) is 0 Å². The van der Waals surface area contributed by atoms with E-state index in [9.17, 15) is 4.79 Å². The molecule has 7 nitrogen and oxygen atoms in total. The summed E-state index contributed by atoms with van der Waals surface area (Å²) in [5, 5.41) is 2.88. The third-order valence-electron chi connectivity index (χ3n) is 3.84. The zero-order valence-corrected chi connectivity index (χ0v) is 15.5. The van der Waals surface area contributed by atoms with E-state index in [-0.39, 0.29) is 5.91 Å². The molecule has 1 saturated heterocycles. The van der Waals surface area contributed by atoms with Crippen LogP contribution in [0.1, 0.15) is 16.1 Å². The van der Waals surface area contributed by atoms with E-state index in [1.807, 2.05) is 0 Å². The highest BCUT2D eigenvalue weighted by atomic mass is 79.9. The molecule has 8 heteroatoms. The lowest BCUT2D eigenvalue weighted by atomic mass is 10.2. The van der Waals surface area contributed by atoms with Gasteiger partial charge < -0.3 is 19.7 Å². The van der Waals surface area contributed by atoms with Gasteiger partial charge in [-0.25, -0.2) is 9.97 Å². The Morgan fingerprint density at radius 2 is 2.16 bits per heavy atom. The van der Waals surface area contributed by atoms with Crippen molar-refractivity contribution in [2.75, 3.05) is 38.3 Å². The maximum Gasteiger partial charge on any atom is 0.252 e. The van der Waals surface area contributed by atoms with Gasteiger partial charge in [0.25, 0.3) is 5.91 Å². The number of anilines is 1. The molecular weight excluding hydrogens is 388 g/mol. The average Bonchev–Trinajstić information content (AvgIpc) is 2.67. The summed E-state index contributed by atoms with van der Waals surface area (Å²) < 4.78 is 11.2. The number of carbonyl (C=O) groups is 1. The molecule has 1 aromatic carbocycles. The van der Waals surface area contributed by atoms with Gasteiger partial charge >= 0.3 is 0 Å². The minimum absolute atomic E-state index is 0.197. The van der Waals surface area contributed by atoms with Crippen LogP contribution in [0.15, 0.2) is 34.9 Å². The van der Waals surface area contributed by atoms with Crippen LogP contribution in [0, 0.1) is 0 Å². The first-order valence-corrected chi connectivity index (χ1v) is 8.73. The second-order valence-corrected chi connectivity index (χ2v) is 6.33. The molecule has 1 aliphatic rings. The molecule has 0 saturated carbocycles. The summed E-state index contributed by atoms with van der Waals surface area (Å²) in [5.74, 6) is 1.10. The topological polar surface area (TPSA) is 76.6 Å². The summed E-state index contributed by atoms with van der Waals surface area (Å²) in [6.45, 7) is 3.21. The van der Waals surface area contributed by atoms with Crippen LogP contribution in [-0.2, 0) is 11.3 Å². The zero-order chi connectivity index (χ0) is 17.6. The number of hydrogen-bond donors (Lipinski definition) is 1. The molecule has 1 N–H and O–H groups in total. The van der Waals surface area contributed by atoms with Gasteiger partial charge in [0, 0.05) is 23.8 Å². The number of hydrogen-bond acceptors (Lipinski definition) is 6. The van der Waals surface area contributed by atoms with Gasteiger partial charge in [0.2, 0.25) is 5.95 Å². The number of rotatable bonds is 5. The molecule has 1 fully saturated rings. The SMILES string of the molecule is COc1ccc(Br)c(C(=O)NCc2ccnc(N3CCOCC3)n2)c1. The largest absolute Gasteiger partial charge is 0.497 e. The van der Waals surface area contributed by atoms with Gasteiger partial charge in [-0.3, -0.25) is 4.79 Å². The molecule has 1 aromatic heterocycles. The monoisotopic (exact) mass is 406 g/mol. The lowest BCUT2D eigenvalue weighted by Gasteiger charge is -2.26. The van der Waals surface area contributed by atoms with Crippen molar-refractivity contribution < 1.29 is 14.3 Å². The van der Waals surface area contributed by atoms with Crippen molar-refractivity contribution in [2.45, 2.75) is 6.54 Å². The minimum atomic E-state index is -0.197. The summed E-state index contributed by atoms with van der Waals surface area (Å²) in [5.41, 5.74) is 1.27. The van der Waals surface area contributed by atoms with Crippen LogP contribution in [0.25, 0.3) is 0 Å². The summed E-state index contributed by atoms with van der Waals surface area (Å²) >= 11 is 3.39. The number of ether oxygens (including phenoxy) is 2. The van der Waals surface area contributed by atoms with Crippen molar-refractivity contribution in [2.24, 2.45) is 0 Å². The van der Waals surface area contributed by atoms with Crippen LogP contribution >= 0.6 is 15.9 Å². The number of nitrogens with one attached hydrogen (secondary N) is 1. The third-order valence-corrected chi connectivity index (χ3v) is 4.53. The molecule has 0 bridgehead atoms. The Labute approximate surface area is 154 Å². The van der Waals surface area contributed by atoms with Crippen molar-refractivity contribution in [3.05, 3.63) is 46.2 Å². The summed E-state index contributed by atoms with van der Waals surface area (Å²) in [7, 11) is 1.57. The Morgan fingerprint density at radius 3 is 2.92 bits per heavy atom. The second kappa shape index (κ2) is 8.26. The van der Waals surface area contributed by atoms with Gasteiger partial charge in [-0.05, 0) is 40.2 Å². The van der Waals surface area contributed by atoms with Crippen LogP contribution < -0.4 is 15.0 Å². The predicted molar refractivity (Wildman–Crippen MR) is 96.9 cm³/mol. The Kier molecular flexibility index (Phi) is 5.83. The van der Waals surface area contributed by atoms with Gasteiger partial charge in [0.1, 0.15) is 5.75 Å². The molecule has 2 heterocycles. The average molecular weight is 407 g/mol. The molecule has 2 aromatic rings. The van der Waals surface area contributed by atoms with E-state index in [0.717, 1.165) is 18.8 Å². The Balaban J connectivity index is 1.66. The smallest absolute Gasteiger partial charge is 0.252 e. The summed E-state index contributed by atoms with van der Waals surface area (Å²) in [4.78, 5) is 23.3. The van der Waals surface area contributed by atoms with E-state index in [2.05, 4.69) is 36.1 Å². The van der Waals surface area contributed by atoms with Crippen LogP contribution in [0.5, 0.6) is 5.75 Å². The predicted octanol–water partition coefficient (Wildman–Crippen LogP) is 2.01. The number of morpholine rings is 1. The fourth-order valence-corrected chi connectivity index (χ4v) is 2.90. The van der Waals surface area contributed by atoms with E-state index in [4.69, 9.17) is 9.47 Å². The van der Waals surface area contributed by atoms with Crippen molar-refractivity contribution in [1.29, 1.82) is 0 Å². The van der Waals surface area contributed by atoms with E-state index >= 15 is 0 Å². The van der Waals surface area contributed by atoms with Gasteiger partial charge in [-0.1, -0.05) is 0 Å². The zero-order valence-electron chi connectivity index (χ0n) is 13.9. The number of halogens is 1. The Bertz CT molecular complexity index is 750. The molecule has 0 spiro atoms. The Hall–Kier alpha value is -2.19. The molecule has 0 aliphatic carbocycles. The van der Waals surface area contributed by atoms with Crippen molar-refractivity contribution in [3.63, 3.8) is 0 Å². The van der Waals surface area contributed by atoms with E-state index in [1.165, 1.54) is 0 Å². The van der Waals surface area contributed by atoms with E-state index in [1.54, 1.807) is 37.6 Å². The number of nitrogens with zero attached hydrogens (tertiary/aromatic N) is 3. The molecule has 0 unspecified atom stereocenters. The molecule has 0 atom stereocenters. The number of carbonyl (C=O) groups excluding carboxylic acids is 1. The maximum absolute atomic E-state index is 12.4. The van der Waals surface area contributed by atoms with E-state index < -0.39 is 0 Å². The third kappa shape index (κ3) is 4.46. The first-order chi connectivity index (χ1) is 12.2. The highest BCUT2D eigenvalue weighted by Crippen LogP contribution is 2.22. The second-order valence-electron chi connectivity index (χ2n) is 5.48. The van der Waals surface area contributed by atoms with Crippen molar-refractivity contribution >= 4 is 27.8 Å². The first kappa shape index (κ1) is 17.6. The van der Waals surface area contributed by atoms with Gasteiger partial charge in [0.15, 0.2) is 0 Å². The fourth-order valence-electron chi connectivity index (χ4n) is 2.47. The van der Waals surface area contributed by atoms with E-state index in [0.29, 0.717) is 41.5 Å². The quantitative estimate of drug-likeness (QED) is 0.818. The maximum atomic E-state index is 12.4.